The van der Waals surface area contributed by atoms with Gasteiger partial charge >= 0.3 is 11.9 Å². The Morgan fingerprint density at radius 3 is 2.86 bits per heavy atom. The summed E-state index contributed by atoms with van der Waals surface area (Å²) >= 11 is 1.28. The number of benzene rings is 1. The predicted octanol–water partition coefficient (Wildman–Crippen LogP) is 2.85. The molecule has 0 radical (unpaired) electrons. The molecule has 0 saturated carbocycles. The number of carbonyl (C=O) groups excluding carboxylic acids is 2. The molecule has 2 aromatic rings. The van der Waals surface area contributed by atoms with Crippen molar-refractivity contribution in [2.75, 3.05) is 19.0 Å². The van der Waals surface area contributed by atoms with Crippen LogP contribution < -0.4 is 5.32 Å². The number of thiazole rings is 1. The van der Waals surface area contributed by atoms with Gasteiger partial charge in [-0.2, -0.15) is 0 Å². The van der Waals surface area contributed by atoms with Crippen LogP contribution in [-0.4, -0.2) is 30.6 Å². The number of esters is 2. The number of ether oxygens (including phenoxy) is 2. The fourth-order valence-corrected chi connectivity index (χ4v) is 2.30. The lowest BCUT2D eigenvalue weighted by molar-refractivity contribution is 0.0519. The summed E-state index contributed by atoms with van der Waals surface area (Å²) in [6.07, 6.45) is 0. The van der Waals surface area contributed by atoms with Gasteiger partial charge in [-0.15, -0.1) is 11.3 Å². The lowest BCUT2D eigenvalue weighted by Gasteiger charge is -2.04. The molecule has 1 N–H and O–H groups in total. The van der Waals surface area contributed by atoms with Crippen molar-refractivity contribution in [3.63, 3.8) is 0 Å². The van der Waals surface area contributed by atoms with E-state index in [1.807, 2.05) is 0 Å². The van der Waals surface area contributed by atoms with Gasteiger partial charge < -0.3 is 14.8 Å². The minimum Gasteiger partial charge on any atom is -0.465 e. The second-order valence-electron chi connectivity index (χ2n) is 3.96. The maximum absolute atomic E-state index is 11.5. The maximum atomic E-state index is 11.5. The molecule has 0 saturated heterocycles. The molecule has 2 rings (SSSR count). The summed E-state index contributed by atoms with van der Waals surface area (Å²) in [5.74, 6) is -0.866. The van der Waals surface area contributed by atoms with E-state index in [0.717, 1.165) is 0 Å². The summed E-state index contributed by atoms with van der Waals surface area (Å²) in [7, 11) is 1.33. The molecule has 0 bridgehead atoms. The van der Waals surface area contributed by atoms with Gasteiger partial charge in [-0.05, 0) is 25.1 Å². The third-order valence-electron chi connectivity index (χ3n) is 2.52. The van der Waals surface area contributed by atoms with Crippen LogP contribution in [0.2, 0.25) is 0 Å². The smallest absolute Gasteiger partial charge is 0.357 e. The monoisotopic (exact) mass is 306 g/mol. The molecule has 6 nitrogen and oxygen atoms in total. The molecule has 0 aliphatic rings. The summed E-state index contributed by atoms with van der Waals surface area (Å²) in [5.41, 5.74) is 1.38. The highest BCUT2D eigenvalue weighted by atomic mass is 32.1. The molecule has 0 amide bonds. The Morgan fingerprint density at radius 2 is 2.14 bits per heavy atom. The molecule has 21 heavy (non-hydrogen) atoms. The van der Waals surface area contributed by atoms with E-state index in [0.29, 0.717) is 23.0 Å². The molecule has 0 spiro atoms. The van der Waals surface area contributed by atoms with Gasteiger partial charge in [0.25, 0.3) is 0 Å². The van der Waals surface area contributed by atoms with Crippen LogP contribution in [0.3, 0.4) is 0 Å². The van der Waals surface area contributed by atoms with Crippen LogP contribution in [-0.2, 0) is 9.47 Å². The van der Waals surface area contributed by atoms with Gasteiger partial charge in [0.1, 0.15) is 0 Å². The van der Waals surface area contributed by atoms with Crippen LogP contribution in [0.25, 0.3) is 0 Å². The highest BCUT2D eigenvalue weighted by molar-refractivity contribution is 7.14. The van der Waals surface area contributed by atoms with Gasteiger partial charge in [-0.3, -0.25) is 0 Å². The number of carbonyl (C=O) groups is 2. The molecule has 110 valence electrons. The normalized spacial score (nSPS) is 10.0. The average molecular weight is 306 g/mol. The summed E-state index contributed by atoms with van der Waals surface area (Å²) < 4.78 is 9.54. The van der Waals surface area contributed by atoms with E-state index in [9.17, 15) is 9.59 Å². The van der Waals surface area contributed by atoms with Crippen molar-refractivity contribution in [3.8, 4) is 0 Å². The number of aromatic nitrogens is 1. The second kappa shape index (κ2) is 6.85. The van der Waals surface area contributed by atoms with E-state index in [2.05, 4.69) is 15.0 Å². The first-order valence-corrected chi connectivity index (χ1v) is 7.10. The van der Waals surface area contributed by atoms with Crippen LogP contribution >= 0.6 is 11.3 Å². The SMILES string of the molecule is CCOC(=O)c1csc(Nc2cccc(C(=O)OC)c2)n1. The van der Waals surface area contributed by atoms with Crippen LogP contribution in [0.15, 0.2) is 29.6 Å². The van der Waals surface area contributed by atoms with E-state index in [1.165, 1.54) is 18.4 Å². The van der Waals surface area contributed by atoms with Crippen LogP contribution in [0, 0.1) is 0 Å². The number of methoxy groups -OCH3 is 1. The molecule has 0 atom stereocenters. The van der Waals surface area contributed by atoms with E-state index in [4.69, 9.17) is 4.74 Å². The highest BCUT2D eigenvalue weighted by Gasteiger charge is 2.12. The number of rotatable bonds is 5. The van der Waals surface area contributed by atoms with Crippen molar-refractivity contribution < 1.29 is 19.1 Å². The molecule has 0 aliphatic heterocycles. The Morgan fingerprint density at radius 1 is 1.33 bits per heavy atom. The quantitative estimate of drug-likeness (QED) is 0.856. The number of hydrogen-bond acceptors (Lipinski definition) is 7. The summed E-state index contributed by atoms with van der Waals surface area (Å²) in [4.78, 5) is 27.1. The van der Waals surface area contributed by atoms with Crippen LogP contribution in [0.1, 0.15) is 27.8 Å². The Bertz CT molecular complexity index is 654. The highest BCUT2D eigenvalue weighted by Crippen LogP contribution is 2.22. The Labute approximate surface area is 125 Å². The zero-order chi connectivity index (χ0) is 15.2. The lowest BCUT2D eigenvalue weighted by atomic mass is 10.2. The molecule has 1 heterocycles. The minimum absolute atomic E-state index is 0.258. The fourth-order valence-electron chi connectivity index (χ4n) is 1.60. The van der Waals surface area contributed by atoms with E-state index < -0.39 is 11.9 Å². The Hall–Kier alpha value is -2.41. The molecule has 0 unspecified atom stereocenters. The molecule has 1 aromatic carbocycles. The predicted molar refractivity (Wildman–Crippen MR) is 79.1 cm³/mol. The van der Waals surface area contributed by atoms with Gasteiger partial charge in [0.15, 0.2) is 10.8 Å². The molecular formula is C14H14N2O4S. The lowest BCUT2D eigenvalue weighted by Crippen LogP contribution is -2.05. The Kier molecular flexibility index (Phi) is 4.89. The first-order valence-electron chi connectivity index (χ1n) is 6.22. The molecule has 7 heteroatoms. The van der Waals surface area contributed by atoms with Crippen molar-refractivity contribution in [1.29, 1.82) is 0 Å². The number of hydrogen-bond donors (Lipinski definition) is 1. The van der Waals surface area contributed by atoms with E-state index in [1.54, 1.807) is 36.6 Å². The standard InChI is InChI=1S/C14H14N2O4S/c1-3-20-13(18)11-8-21-14(16-11)15-10-6-4-5-9(7-10)12(17)19-2/h4-8H,3H2,1-2H3,(H,15,16). The van der Waals surface area contributed by atoms with Gasteiger partial charge in [0, 0.05) is 11.1 Å². The average Bonchev–Trinajstić information content (AvgIpc) is 2.95. The summed E-state index contributed by atoms with van der Waals surface area (Å²) in [6.45, 7) is 2.04. The van der Waals surface area contributed by atoms with Crippen molar-refractivity contribution in [1.82, 2.24) is 4.98 Å². The zero-order valence-electron chi connectivity index (χ0n) is 11.6. The largest absolute Gasteiger partial charge is 0.465 e. The molecule has 1 aromatic heterocycles. The third kappa shape index (κ3) is 3.79. The molecule has 0 fully saturated rings. The van der Waals surface area contributed by atoms with Gasteiger partial charge in [-0.25, -0.2) is 14.6 Å². The van der Waals surface area contributed by atoms with Crippen molar-refractivity contribution in [2.24, 2.45) is 0 Å². The Balaban J connectivity index is 2.12. The van der Waals surface area contributed by atoms with E-state index >= 15 is 0 Å². The van der Waals surface area contributed by atoms with E-state index in [-0.39, 0.29) is 5.69 Å². The summed E-state index contributed by atoms with van der Waals surface area (Å²) in [6, 6.07) is 6.83. The number of nitrogens with zero attached hydrogens (tertiary/aromatic N) is 1. The van der Waals surface area contributed by atoms with Gasteiger partial charge in [0.05, 0.1) is 19.3 Å². The topological polar surface area (TPSA) is 77.5 Å². The fraction of sp³-hybridized carbons (Fsp3) is 0.214. The van der Waals surface area contributed by atoms with Gasteiger partial charge in [0.2, 0.25) is 0 Å². The van der Waals surface area contributed by atoms with Crippen LogP contribution in [0.4, 0.5) is 10.8 Å². The first kappa shape index (κ1) is 15.0. The maximum Gasteiger partial charge on any atom is 0.357 e. The van der Waals surface area contributed by atoms with Crippen molar-refractivity contribution in [3.05, 3.63) is 40.9 Å². The van der Waals surface area contributed by atoms with Crippen molar-refractivity contribution >= 4 is 34.1 Å². The minimum atomic E-state index is -0.454. The van der Waals surface area contributed by atoms with Gasteiger partial charge in [-0.1, -0.05) is 6.07 Å². The summed E-state index contributed by atoms with van der Waals surface area (Å²) in [5, 5.41) is 5.19. The number of anilines is 2. The van der Waals surface area contributed by atoms with Crippen molar-refractivity contribution in [2.45, 2.75) is 6.92 Å². The second-order valence-corrected chi connectivity index (χ2v) is 4.81. The first-order chi connectivity index (χ1) is 10.1. The zero-order valence-corrected chi connectivity index (χ0v) is 12.4. The third-order valence-corrected chi connectivity index (χ3v) is 3.28. The number of nitrogens with one attached hydrogen (secondary N) is 1. The molecular weight excluding hydrogens is 292 g/mol. The molecule has 0 aliphatic carbocycles. The van der Waals surface area contributed by atoms with Crippen LogP contribution in [0.5, 0.6) is 0 Å².